The zero-order valence-electron chi connectivity index (χ0n) is 22.2. The van der Waals surface area contributed by atoms with Crippen LogP contribution in [-0.4, -0.2) is 78.7 Å². The maximum absolute atomic E-state index is 12.7. The number of benzene rings is 1. The number of anilines is 4. The highest BCUT2D eigenvalue weighted by molar-refractivity contribution is 5.95. The normalized spacial score (nSPS) is 19.6. The summed E-state index contributed by atoms with van der Waals surface area (Å²) < 4.78 is 10.9. The van der Waals surface area contributed by atoms with Crippen LogP contribution in [0.15, 0.2) is 18.3 Å². The van der Waals surface area contributed by atoms with Gasteiger partial charge in [-0.1, -0.05) is 0 Å². The Morgan fingerprint density at radius 1 is 1.24 bits per heavy atom. The molecule has 2 aromatic rings. The van der Waals surface area contributed by atoms with Gasteiger partial charge in [0, 0.05) is 44.0 Å². The van der Waals surface area contributed by atoms with Gasteiger partial charge in [0.1, 0.15) is 22.8 Å². The van der Waals surface area contributed by atoms with Crippen LogP contribution in [-0.2, 0) is 4.74 Å². The van der Waals surface area contributed by atoms with E-state index in [1.54, 1.807) is 27.0 Å². The van der Waals surface area contributed by atoms with Crippen molar-refractivity contribution >= 4 is 34.8 Å². The lowest BCUT2D eigenvalue weighted by atomic mass is 9.50. The number of nitro benzene ring substituents is 1. The van der Waals surface area contributed by atoms with Crippen LogP contribution in [0, 0.1) is 16.0 Å². The Morgan fingerprint density at radius 2 is 1.95 bits per heavy atom. The molecule has 0 aliphatic heterocycles. The minimum atomic E-state index is -0.506. The predicted molar refractivity (Wildman–Crippen MR) is 141 cm³/mol. The lowest BCUT2D eigenvalue weighted by Crippen LogP contribution is -2.63. The van der Waals surface area contributed by atoms with Gasteiger partial charge in [0.25, 0.3) is 5.69 Å². The molecule has 0 spiro atoms. The molecule has 200 valence electrons. The third-order valence-corrected chi connectivity index (χ3v) is 6.81. The van der Waals surface area contributed by atoms with Gasteiger partial charge in [-0.15, -0.1) is 0 Å². The maximum atomic E-state index is 12.7. The zero-order chi connectivity index (χ0) is 26.9. The summed E-state index contributed by atoms with van der Waals surface area (Å²) in [6.07, 6.45) is 4.26. The molecular formula is C25H35N7O5. The highest BCUT2D eigenvalue weighted by atomic mass is 16.6. The van der Waals surface area contributed by atoms with E-state index < -0.39 is 10.9 Å². The van der Waals surface area contributed by atoms with Crippen LogP contribution in [0.1, 0.15) is 43.5 Å². The van der Waals surface area contributed by atoms with Gasteiger partial charge in [-0.05, 0) is 53.1 Å². The van der Waals surface area contributed by atoms with Gasteiger partial charge in [-0.3, -0.25) is 10.1 Å². The molecule has 0 radical (unpaired) electrons. The standard InChI is InChI=1S/C25H35N7O5/c1-15(2)37-23(33)17-14-26-24(28-22(17)29-25-11-16(12-25)13-25)27-18-9-20(32(34)35)19(10-21(18)36-6)31(5)8-7-30(3)4/h9-10,14-16H,7-8,11-13H2,1-6H3,(H2,26,27,28,29). The van der Waals surface area contributed by atoms with Crippen molar-refractivity contribution < 1.29 is 19.2 Å². The Hall–Kier alpha value is -3.67. The largest absolute Gasteiger partial charge is 0.494 e. The van der Waals surface area contributed by atoms with Crippen molar-refractivity contribution in [2.24, 2.45) is 5.92 Å². The fraction of sp³-hybridized carbons (Fsp3) is 0.560. The average Bonchev–Trinajstić information content (AvgIpc) is 2.78. The molecule has 2 N–H and O–H groups in total. The number of carbonyl (C=O) groups is 1. The molecule has 37 heavy (non-hydrogen) atoms. The predicted octanol–water partition coefficient (Wildman–Crippen LogP) is 3.66. The lowest BCUT2D eigenvalue weighted by Gasteiger charge is -2.62. The van der Waals surface area contributed by atoms with Crippen LogP contribution >= 0.6 is 0 Å². The summed E-state index contributed by atoms with van der Waals surface area (Å²) in [6, 6.07) is 3.05. The smallest absolute Gasteiger partial charge is 0.343 e. The SMILES string of the molecule is COc1cc(N(C)CCN(C)C)c([N+](=O)[O-])cc1Nc1ncc(C(=O)OC(C)C)c(NC23CC(C2)C3)n1. The molecule has 1 aromatic heterocycles. The van der Waals surface area contributed by atoms with E-state index in [0.29, 0.717) is 29.5 Å². The van der Waals surface area contributed by atoms with Gasteiger partial charge in [-0.25, -0.2) is 9.78 Å². The molecular weight excluding hydrogens is 478 g/mol. The first kappa shape index (κ1) is 26.4. The summed E-state index contributed by atoms with van der Waals surface area (Å²) in [6.45, 7) is 4.89. The summed E-state index contributed by atoms with van der Waals surface area (Å²) in [5.41, 5.74) is 0.910. The number of nitrogens with one attached hydrogen (secondary N) is 2. The summed E-state index contributed by atoms with van der Waals surface area (Å²) >= 11 is 0. The Bertz CT molecular complexity index is 1170. The number of likely N-dealkylation sites (N-methyl/N-ethyl adjacent to an activating group) is 2. The highest BCUT2D eigenvalue weighted by Gasteiger charge is 2.57. The quantitative estimate of drug-likeness (QED) is 0.244. The second kappa shape index (κ2) is 10.4. The van der Waals surface area contributed by atoms with E-state index in [1.165, 1.54) is 19.4 Å². The molecule has 0 amide bonds. The van der Waals surface area contributed by atoms with E-state index in [2.05, 4.69) is 20.6 Å². The lowest BCUT2D eigenvalue weighted by molar-refractivity contribution is -0.384. The van der Waals surface area contributed by atoms with E-state index in [-0.39, 0.29) is 28.8 Å². The topological polar surface area (TPSA) is 135 Å². The fourth-order valence-electron chi connectivity index (χ4n) is 4.71. The third kappa shape index (κ3) is 5.68. The van der Waals surface area contributed by atoms with Crippen LogP contribution in [0.4, 0.5) is 28.8 Å². The highest BCUT2D eigenvalue weighted by Crippen LogP contribution is 2.58. The Morgan fingerprint density at radius 3 is 2.49 bits per heavy atom. The number of hydrogen-bond donors (Lipinski definition) is 2. The minimum absolute atomic E-state index is 0.0432. The van der Waals surface area contributed by atoms with Crippen molar-refractivity contribution in [3.63, 3.8) is 0 Å². The molecule has 12 nitrogen and oxygen atoms in total. The number of nitrogens with zero attached hydrogens (tertiary/aromatic N) is 5. The van der Waals surface area contributed by atoms with Gasteiger partial charge in [-0.2, -0.15) is 4.98 Å². The van der Waals surface area contributed by atoms with Crippen molar-refractivity contribution in [3.05, 3.63) is 34.0 Å². The molecule has 3 aliphatic rings. The summed E-state index contributed by atoms with van der Waals surface area (Å²) in [4.78, 5) is 36.9. The van der Waals surface area contributed by atoms with Crippen molar-refractivity contribution in [2.45, 2.75) is 44.8 Å². The minimum Gasteiger partial charge on any atom is -0.494 e. The van der Waals surface area contributed by atoms with Crippen molar-refractivity contribution in [3.8, 4) is 5.75 Å². The van der Waals surface area contributed by atoms with Gasteiger partial charge in [0.2, 0.25) is 5.95 Å². The number of methoxy groups -OCH3 is 1. The first-order valence-corrected chi connectivity index (χ1v) is 12.4. The van der Waals surface area contributed by atoms with Crippen LogP contribution in [0.2, 0.25) is 0 Å². The van der Waals surface area contributed by atoms with E-state index in [1.807, 2.05) is 23.9 Å². The number of hydrogen-bond acceptors (Lipinski definition) is 11. The molecule has 2 bridgehead atoms. The molecule has 0 saturated heterocycles. The molecule has 5 rings (SSSR count). The second-order valence-corrected chi connectivity index (χ2v) is 10.4. The second-order valence-electron chi connectivity index (χ2n) is 10.4. The Kier molecular flexibility index (Phi) is 7.39. The van der Waals surface area contributed by atoms with Crippen LogP contribution < -0.4 is 20.3 Å². The Labute approximate surface area is 216 Å². The van der Waals surface area contributed by atoms with Gasteiger partial charge < -0.3 is 29.9 Å². The summed E-state index contributed by atoms with van der Waals surface area (Å²) in [5.74, 6) is 1.19. The number of esters is 1. The monoisotopic (exact) mass is 513 g/mol. The van der Waals surface area contributed by atoms with E-state index in [9.17, 15) is 14.9 Å². The molecule has 3 aliphatic carbocycles. The van der Waals surface area contributed by atoms with E-state index in [0.717, 1.165) is 31.7 Å². The Balaban J connectivity index is 1.65. The number of aromatic nitrogens is 2. The van der Waals surface area contributed by atoms with Crippen LogP contribution in [0.25, 0.3) is 0 Å². The number of nitro groups is 1. The number of rotatable bonds is 12. The molecule has 1 heterocycles. The van der Waals surface area contributed by atoms with Gasteiger partial charge in [0.15, 0.2) is 0 Å². The molecule has 0 unspecified atom stereocenters. The van der Waals surface area contributed by atoms with Crippen LogP contribution in [0.5, 0.6) is 5.75 Å². The fourth-order valence-corrected chi connectivity index (χ4v) is 4.71. The van der Waals surface area contributed by atoms with Gasteiger partial charge in [0.05, 0.1) is 23.8 Å². The molecule has 3 fully saturated rings. The number of carbonyl (C=O) groups excluding carboxylic acids is 1. The summed E-state index contributed by atoms with van der Waals surface area (Å²) in [7, 11) is 7.19. The number of ether oxygens (including phenoxy) is 2. The molecule has 12 heteroatoms. The van der Waals surface area contributed by atoms with Crippen molar-refractivity contribution in [2.75, 3.05) is 56.9 Å². The van der Waals surface area contributed by atoms with Crippen molar-refractivity contribution in [1.29, 1.82) is 0 Å². The van der Waals surface area contributed by atoms with E-state index >= 15 is 0 Å². The first-order valence-electron chi connectivity index (χ1n) is 12.4. The molecule has 0 atom stereocenters. The third-order valence-electron chi connectivity index (χ3n) is 6.81. The van der Waals surface area contributed by atoms with Crippen molar-refractivity contribution in [1.82, 2.24) is 14.9 Å². The zero-order valence-corrected chi connectivity index (χ0v) is 22.2. The molecule has 1 aromatic carbocycles. The van der Waals surface area contributed by atoms with Gasteiger partial charge >= 0.3 is 5.97 Å². The maximum Gasteiger partial charge on any atom is 0.343 e. The molecule has 3 saturated carbocycles. The summed E-state index contributed by atoms with van der Waals surface area (Å²) in [5, 5.41) is 18.4. The van der Waals surface area contributed by atoms with E-state index in [4.69, 9.17) is 9.47 Å². The first-order chi connectivity index (χ1) is 17.5. The van der Waals surface area contributed by atoms with Crippen LogP contribution in [0.3, 0.4) is 0 Å². The average molecular weight is 514 g/mol.